The van der Waals surface area contributed by atoms with E-state index in [4.69, 9.17) is 0 Å². The minimum atomic E-state index is -3.08. The number of carbonyl (C=O) groups excluding carboxylic acids is 1. The zero-order valence-electron chi connectivity index (χ0n) is 12.5. The zero-order valence-corrected chi connectivity index (χ0v) is 13.4. The number of hydrogen-bond acceptors (Lipinski definition) is 4. The number of hydrogen-bond donors (Lipinski definition) is 0. The molecule has 0 aromatic carbocycles. The summed E-state index contributed by atoms with van der Waals surface area (Å²) >= 11 is 0. The summed E-state index contributed by atoms with van der Waals surface area (Å²) in [6.07, 6.45) is 6.50. The summed E-state index contributed by atoms with van der Waals surface area (Å²) in [5.74, 6) is 0.610. The van der Waals surface area contributed by atoms with Crippen LogP contribution in [0, 0.1) is 5.92 Å². The highest BCUT2D eigenvalue weighted by atomic mass is 32.2. The maximum absolute atomic E-state index is 11.7. The van der Waals surface area contributed by atoms with Gasteiger partial charge in [0.05, 0.1) is 12.3 Å². The molecule has 116 valence electrons. The van der Waals surface area contributed by atoms with E-state index >= 15 is 0 Å². The Kier molecular flexibility index (Phi) is 5.20. The van der Waals surface area contributed by atoms with Crippen molar-refractivity contribution < 1.29 is 13.2 Å². The van der Waals surface area contributed by atoms with Crippen LogP contribution < -0.4 is 0 Å². The third-order valence-electron chi connectivity index (χ3n) is 4.53. The number of ketones is 1. The molecule has 0 bridgehead atoms. The molecule has 0 aliphatic carbocycles. The van der Waals surface area contributed by atoms with E-state index in [2.05, 4.69) is 4.90 Å². The van der Waals surface area contributed by atoms with E-state index in [-0.39, 0.29) is 11.8 Å². The lowest BCUT2D eigenvalue weighted by Gasteiger charge is -2.39. The Morgan fingerprint density at radius 3 is 2.55 bits per heavy atom. The highest BCUT2D eigenvalue weighted by Crippen LogP contribution is 2.24. The van der Waals surface area contributed by atoms with E-state index in [0.29, 0.717) is 19.0 Å². The van der Waals surface area contributed by atoms with E-state index in [1.807, 2.05) is 0 Å². The van der Waals surface area contributed by atoms with E-state index in [1.54, 1.807) is 11.2 Å². The summed E-state index contributed by atoms with van der Waals surface area (Å²) in [5, 5.41) is 0. The minimum absolute atomic E-state index is 0.0531. The predicted octanol–water partition coefficient (Wildman–Crippen LogP) is 1.10. The second-order valence-corrected chi connectivity index (χ2v) is 8.23. The number of nitrogens with zero attached hydrogens (tertiary/aromatic N) is 2. The van der Waals surface area contributed by atoms with Crippen LogP contribution in [-0.4, -0.2) is 61.9 Å². The van der Waals surface area contributed by atoms with Gasteiger partial charge in [-0.05, 0) is 45.1 Å². The molecule has 0 amide bonds. The summed E-state index contributed by atoms with van der Waals surface area (Å²) in [7, 11) is -3.08. The Morgan fingerprint density at radius 1 is 1.15 bits per heavy atom. The van der Waals surface area contributed by atoms with E-state index in [0.717, 1.165) is 45.2 Å². The van der Waals surface area contributed by atoms with Gasteiger partial charge in [-0.1, -0.05) is 6.42 Å². The van der Waals surface area contributed by atoms with Crippen LogP contribution in [0.1, 0.15) is 39.0 Å². The number of likely N-dealkylation sites (tertiary alicyclic amines) is 1. The van der Waals surface area contributed by atoms with Gasteiger partial charge in [-0.15, -0.1) is 0 Å². The number of piperidine rings is 2. The first kappa shape index (κ1) is 15.9. The summed E-state index contributed by atoms with van der Waals surface area (Å²) in [5.41, 5.74) is 0. The topological polar surface area (TPSA) is 57.7 Å². The number of rotatable bonds is 4. The molecule has 20 heavy (non-hydrogen) atoms. The Bertz CT molecular complexity index is 449. The fourth-order valence-corrected chi connectivity index (χ4v) is 4.42. The molecule has 2 fully saturated rings. The molecule has 2 saturated heterocycles. The summed E-state index contributed by atoms with van der Waals surface area (Å²) < 4.78 is 24.9. The van der Waals surface area contributed by atoms with Gasteiger partial charge in [0.25, 0.3) is 0 Å². The predicted molar refractivity (Wildman–Crippen MR) is 79.0 cm³/mol. The highest BCUT2D eigenvalue weighted by Gasteiger charge is 2.31. The van der Waals surface area contributed by atoms with Crippen LogP contribution in [0.3, 0.4) is 0 Å². The molecule has 0 saturated carbocycles. The van der Waals surface area contributed by atoms with Gasteiger partial charge in [-0.2, -0.15) is 0 Å². The Morgan fingerprint density at radius 2 is 1.90 bits per heavy atom. The van der Waals surface area contributed by atoms with Crippen molar-refractivity contribution in [2.45, 2.75) is 45.1 Å². The van der Waals surface area contributed by atoms with Gasteiger partial charge in [-0.25, -0.2) is 12.7 Å². The lowest BCUT2D eigenvalue weighted by Crippen LogP contribution is -2.49. The molecule has 2 heterocycles. The lowest BCUT2D eigenvalue weighted by molar-refractivity contribution is -0.123. The highest BCUT2D eigenvalue weighted by molar-refractivity contribution is 7.88. The molecule has 0 aromatic rings. The van der Waals surface area contributed by atoms with Crippen LogP contribution in [-0.2, 0) is 14.8 Å². The van der Waals surface area contributed by atoms with Crippen LogP contribution in [0.5, 0.6) is 0 Å². The van der Waals surface area contributed by atoms with Crippen molar-refractivity contribution in [3.8, 4) is 0 Å². The van der Waals surface area contributed by atoms with Crippen LogP contribution in [0.15, 0.2) is 0 Å². The summed E-state index contributed by atoms with van der Waals surface area (Å²) in [6, 6.07) is 0.0531. The molecule has 0 spiro atoms. The van der Waals surface area contributed by atoms with Gasteiger partial charge in [0.1, 0.15) is 5.78 Å². The average molecular weight is 302 g/mol. The smallest absolute Gasteiger partial charge is 0.211 e. The minimum Gasteiger partial charge on any atom is -0.298 e. The van der Waals surface area contributed by atoms with Crippen LogP contribution >= 0.6 is 0 Å². The average Bonchev–Trinajstić information content (AvgIpc) is 2.38. The summed E-state index contributed by atoms with van der Waals surface area (Å²) in [4.78, 5) is 14.0. The first-order chi connectivity index (χ1) is 9.38. The number of carbonyl (C=O) groups is 1. The normalized spacial score (nSPS) is 30.3. The lowest BCUT2D eigenvalue weighted by atomic mass is 9.94. The second kappa shape index (κ2) is 6.54. The van der Waals surface area contributed by atoms with Crippen molar-refractivity contribution in [1.29, 1.82) is 0 Å². The third kappa shape index (κ3) is 4.02. The molecule has 2 rings (SSSR count). The molecule has 2 aliphatic rings. The molecule has 0 N–H and O–H groups in total. The fraction of sp³-hybridized carbons (Fsp3) is 0.929. The van der Waals surface area contributed by atoms with Gasteiger partial charge in [0, 0.05) is 19.6 Å². The molecule has 2 aliphatic heterocycles. The van der Waals surface area contributed by atoms with Crippen molar-refractivity contribution in [3.05, 3.63) is 0 Å². The molecule has 0 aromatic heterocycles. The quantitative estimate of drug-likeness (QED) is 0.780. The van der Waals surface area contributed by atoms with Crippen LogP contribution in [0.2, 0.25) is 0 Å². The molecule has 5 nitrogen and oxygen atoms in total. The second-order valence-electron chi connectivity index (χ2n) is 6.25. The van der Waals surface area contributed by atoms with Crippen molar-refractivity contribution in [1.82, 2.24) is 9.21 Å². The standard InChI is InChI=1S/C14H26N2O3S/c1-12(17)14-7-3-4-8-15(14)10-13-6-5-9-16(11-13)20(2,18)19/h13-14H,3-11H2,1-2H3. The fourth-order valence-electron chi connectivity index (χ4n) is 3.48. The Hall–Kier alpha value is -0.460. The van der Waals surface area contributed by atoms with Gasteiger partial charge in [-0.3, -0.25) is 9.69 Å². The first-order valence-corrected chi connectivity index (χ1v) is 9.42. The third-order valence-corrected chi connectivity index (χ3v) is 5.80. The SMILES string of the molecule is CC(=O)C1CCCCN1CC1CCCN(S(C)(=O)=O)C1. The van der Waals surface area contributed by atoms with Gasteiger partial charge in [0.15, 0.2) is 0 Å². The monoisotopic (exact) mass is 302 g/mol. The van der Waals surface area contributed by atoms with E-state index in [1.165, 1.54) is 6.26 Å². The number of Topliss-reactive ketones (excluding diaryl/α,β-unsaturated/α-hetero) is 1. The van der Waals surface area contributed by atoms with Gasteiger partial charge in [0.2, 0.25) is 10.0 Å². The maximum atomic E-state index is 11.7. The Balaban J connectivity index is 1.96. The van der Waals surface area contributed by atoms with Crippen LogP contribution in [0.4, 0.5) is 0 Å². The van der Waals surface area contributed by atoms with E-state index < -0.39 is 10.0 Å². The molecule has 2 atom stereocenters. The molecule has 2 unspecified atom stereocenters. The maximum Gasteiger partial charge on any atom is 0.211 e. The summed E-state index contributed by atoms with van der Waals surface area (Å²) in [6.45, 7) is 4.76. The largest absolute Gasteiger partial charge is 0.298 e. The first-order valence-electron chi connectivity index (χ1n) is 7.57. The molecule has 6 heteroatoms. The van der Waals surface area contributed by atoms with Crippen molar-refractivity contribution in [2.24, 2.45) is 5.92 Å². The van der Waals surface area contributed by atoms with Crippen molar-refractivity contribution in [3.63, 3.8) is 0 Å². The molecular weight excluding hydrogens is 276 g/mol. The molecular formula is C14H26N2O3S. The van der Waals surface area contributed by atoms with Crippen molar-refractivity contribution in [2.75, 3.05) is 32.4 Å². The zero-order chi connectivity index (χ0) is 14.8. The van der Waals surface area contributed by atoms with Crippen LogP contribution in [0.25, 0.3) is 0 Å². The van der Waals surface area contributed by atoms with Gasteiger partial charge < -0.3 is 0 Å². The van der Waals surface area contributed by atoms with Crippen molar-refractivity contribution >= 4 is 15.8 Å². The molecule has 0 radical (unpaired) electrons. The van der Waals surface area contributed by atoms with Gasteiger partial charge >= 0.3 is 0 Å². The number of sulfonamides is 1. The Labute approximate surface area is 122 Å². The van der Waals surface area contributed by atoms with E-state index in [9.17, 15) is 13.2 Å².